The molecule has 4 rings (SSSR count). The number of anilines is 2. The van der Waals surface area contributed by atoms with Crippen molar-refractivity contribution in [3.8, 4) is 0 Å². The third-order valence-electron chi connectivity index (χ3n) is 5.60. The van der Waals surface area contributed by atoms with Crippen LogP contribution in [0, 0.1) is 0 Å². The number of H-pyrrole nitrogens is 1. The molecule has 10 nitrogen and oxygen atoms in total. The van der Waals surface area contributed by atoms with Gasteiger partial charge in [0.15, 0.2) is 6.10 Å². The number of amides is 1. The number of ether oxygens (including phenoxy) is 1. The fraction of sp³-hybridized carbons (Fsp3) is 0.526. The number of aromatic amines is 1. The van der Waals surface area contributed by atoms with Gasteiger partial charge in [0.1, 0.15) is 11.4 Å². The van der Waals surface area contributed by atoms with Crippen LogP contribution in [0.2, 0.25) is 0 Å². The van der Waals surface area contributed by atoms with E-state index in [4.69, 9.17) is 4.74 Å². The molecule has 2 aliphatic heterocycles. The lowest BCUT2D eigenvalue weighted by molar-refractivity contribution is -0.145. The van der Waals surface area contributed by atoms with Gasteiger partial charge in [-0.2, -0.15) is 31.4 Å². The van der Waals surface area contributed by atoms with Crippen molar-refractivity contribution in [1.29, 1.82) is 0 Å². The maximum absolute atomic E-state index is 13.1. The first-order chi connectivity index (χ1) is 16.4. The van der Waals surface area contributed by atoms with Crippen LogP contribution < -0.4 is 15.4 Å². The van der Waals surface area contributed by atoms with Gasteiger partial charge in [-0.3, -0.25) is 9.59 Å². The molecule has 2 saturated heterocycles. The second-order valence-corrected chi connectivity index (χ2v) is 7.85. The Morgan fingerprint density at radius 3 is 2.23 bits per heavy atom. The number of halogens is 6. The molecular formula is C19H19F6N7O3. The van der Waals surface area contributed by atoms with Gasteiger partial charge >= 0.3 is 12.4 Å². The summed E-state index contributed by atoms with van der Waals surface area (Å²) < 4.78 is 82.7. The van der Waals surface area contributed by atoms with E-state index in [1.54, 1.807) is 4.90 Å². The van der Waals surface area contributed by atoms with Crippen LogP contribution in [0.15, 0.2) is 23.3 Å². The second kappa shape index (κ2) is 9.31. The van der Waals surface area contributed by atoms with E-state index in [2.05, 4.69) is 15.1 Å². The first-order valence-electron chi connectivity index (χ1n) is 10.4. The van der Waals surface area contributed by atoms with Gasteiger partial charge in [-0.25, -0.2) is 15.1 Å². The molecule has 2 aromatic heterocycles. The topological polar surface area (TPSA) is 108 Å². The average molecular weight is 507 g/mol. The van der Waals surface area contributed by atoms with Crippen molar-refractivity contribution < 1.29 is 35.9 Å². The molecule has 35 heavy (non-hydrogen) atoms. The Kier molecular flexibility index (Phi) is 6.57. The van der Waals surface area contributed by atoms with Gasteiger partial charge in [-0.05, 0) is 0 Å². The van der Waals surface area contributed by atoms with Crippen LogP contribution in [0.1, 0.15) is 11.1 Å². The fourth-order valence-corrected chi connectivity index (χ4v) is 3.74. The number of aromatic nitrogens is 4. The summed E-state index contributed by atoms with van der Waals surface area (Å²) in [7, 11) is 0. The zero-order chi connectivity index (χ0) is 25.4. The number of rotatable bonds is 3. The van der Waals surface area contributed by atoms with Crippen LogP contribution in [0.5, 0.6) is 0 Å². The highest BCUT2D eigenvalue weighted by Crippen LogP contribution is 2.29. The van der Waals surface area contributed by atoms with Gasteiger partial charge in [-0.15, -0.1) is 0 Å². The highest BCUT2D eigenvalue weighted by Gasteiger charge is 2.37. The van der Waals surface area contributed by atoms with Crippen molar-refractivity contribution in [3.05, 3.63) is 39.9 Å². The summed E-state index contributed by atoms with van der Waals surface area (Å²) in [5.74, 6) is -0.416. The Morgan fingerprint density at radius 2 is 1.63 bits per heavy atom. The molecule has 0 aromatic carbocycles. The molecule has 0 spiro atoms. The number of carbonyl (C=O) groups excluding carboxylic acids is 1. The number of morpholine rings is 1. The highest BCUT2D eigenvalue weighted by molar-refractivity contribution is 5.82. The molecule has 0 unspecified atom stereocenters. The van der Waals surface area contributed by atoms with Crippen LogP contribution in [-0.2, 0) is 21.9 Å². The number of nitrogens with zero attached hydrogens (tertiary/aromatic N) is 6. The number of nitrogens with one attached hydrogen (secondary N) is 1. The fourth-order valence-electron chi connectivity index (χ4n) is 3.74. The van der Waals surface area contributed by atoms with E-state index in [9.17, 15) is 35.9 Å². The minimum atomic E-state index is -4.86. The van der Waals surface area contributed by atoms with E-state index in [0.717, 1.165) is 0 Å². The summed E-state index contributed by atoms with van der Waals surface area (Å²) in [5, 5.41) is 5.49. The Hall–Kier alpha value is -3.43. The van der Waals surface area contributed by atoms with Gasteiger partial charge < -0.3 is 19.4 Å². The maximum atomic E-state index is 13.1. The Bertz CT molecular complexity index is 1110. The van der Waals surface area contributed by atoms with Crippen molar-refractivity contribution in [2.45, 2.75) is 18.5 Å². The number of piperazine rings is 1. The molecule has 0 radical (unpaired) electrons. The molecule has 2 fully saturated rings. The first-order valence-corrected chi connectivity index (χ1v) is 10.4. The molecule has 1 amide bonds. The third-order valence-corrected chi connectivity index (χ3v) is 5.60. The zero-order valence-corrected chi connectivity index (χ0v) is 17.9. The second-order valence-electron chi connectivity index (χ2n) is 7.85. The molecule has 16 heteroatoms. The zero-order valence-electron chi connectivity index (χ0n) is 17.9. The summed E-state index contributed by atoms with van der Waals surface area (Å²) in [6, 6.07) is 0.633. The molecule has 0 bridgehead atoms. The summed E-state index contributed by atoms with van der Waals surface area (Å²) >= 11 is 0. The lowest BCUT2D eigenvalue weighted by Crippen LogP contribution is -2.56. The molecule has 0 aliphatic carbocycles. The number of alkyl halides is 6. The van der Waals surface area contributed by atoms with Gasteiger partial charge in [0.05, 0.1) is 18.7 Å². The lowest BCUT2D eigenvalue weighted by atomic mass is 10.2. The summed E-state index contributed by atoms with van der Waals surface area (Å²) in [6.45, 7) is 1.12. The van der Waals surface area contributed by atoms with E-state index in [-0.39, 0.29) is 63.5 Å². The minimum absolute atomic E-state index is 0.0535. The van der Waals surface area contributed by atoms with E-state index in [0.29, 0.717) is 18.5 Å². The van der Waals surface area contributed by atoms with E-state index < -0.39 is 35.1 Å². The highest BCUT2D eigenvalue weighted by atomic mass is 19.4. The summed E-state index contributed by atoms with van der Waals surface area (Å²) in [5.41, 5.74) is -3.72. The standard InChI is InChI=1S/C19H19F6N7O3/c20-18(21,22)11-8-26-17(27-9-11)31-3-1-30(2-4-31)16(34)13-10-32(5-6-35-13)14-7-12(19(23,24)25)15(33)29-28-14/h7-9,13H,1-6,10H2,(H,29,33)/t13-/m1/s1. The number of hydrogen-bond acceptors (Lipinski definition) is 8. The van der Waals surface area contributed by atoms with Crippen molar-refractivity contribution in [3.63, 3.8) is 0 Å². The minimum Gasteiger partial charge on any atom is -0.365 e. The molecule has 1 atom stereocenters. The van der Waals surface area contributed by atoms with E-state index in [1.807, 2.05) is 5.10 Å². The van der Waals surface area contributed by atoms with Crippen molar-refractivity contribution in [1.82, 2.24) is 25.1 Å². The van der Waals surface area contributed by atoms with Crippen LogP contribution >= 0.6 is 0 Å². The Balaban J connectivity index is 1.37. The quantitative estimate of drug-likeness (QED) is 0.617. The van der Waals surface area contributed by atoms with Gasteiger partial charge in [-0.1, -0.05) is 0 Å². The molecule has 190 valence electrons. The predicted octanol–water partition coefficient (Wildman–Crippen LogP) is 1.15. The predicted molar refractivity (Wildman–Crippen MR) is 108 cm³/mol. The molecule has 0 saturated carbocycles. The van der Waals surface area contributed by atoms with Gasteiger partial charge in [0.25, 0.3) is 11.5 Å². The van der Waals surface area contributed by atoms with Crippen LogP contribution in [0.3, 0.4) is 0 Å². The molecule has 1 N–H and O–H groups in total. The van der Waals surface area contributed by atoms with Crippen LogP contribution in [-0.4, -0.2) is 83.0 Å². The SMILES string of the molecule is O=C([C@H]1CN(c2cc(C(F)(F)F)c(=O)[nH]n2)CCO1)N1CCN(c2ncc(C(F)(F)F)cn2)CC1. The van der Waals surface area contributed by atoms with Gasteiger partial charge in [0.2, 0.25) is 5.95 Å². The van der Waals surface area contributed by atoms with E-state index >= 15 is 0 Å². The molecule has 4 heterocycles. The van der Waals surface area contributed by atoms with Crippen LogP contribution in [0.4, 0.5) is 38.1 Å². The molecule has 2 aromatic rings. The van der Waals surface area contributed by atoms with Crippen molar-refractivity contribution in [2.75, 3.05) is 55.7 Å². The Labute approximate surface area is 193 Å². The maximum Gasteiger partial charge on any atom is 0.421 e. The summed E-state index contributed by atoms with van der Waals surface area (Å²) in [4.78, 5) is 36.5. The lowest BCUT2D eigenvalue weighted by Gasteiger charge is -2.39. The molecule has 2 aliphatic rings. The monoisotopic (exact) mass is 507 g/mol. The normalized spacial score (nSPS) is 19.7. The van der Waals surface area contributed by atoms with E-state index in [1.165, 1.54) is 9.80 Å². The first kappa shape index (κ1) is 24.7. The smallest absolute Gasteiger partial charge is 0.365 e. The number of carbonyl (C=O) groups is 1. The number of hydrogen-bond donors (Lipinski definition) is 1. The van der Waals surface area contributed by atoms with Crippen molar-refractivity contribution in [2.24, 2.45) is 0 Å². The average Bonchev–Trinajstić information content (AvgIpc) is 2.83. The van der Waals surface area contributed by atoms with Crippen molar-refractivity contribution >= 4 is 17.7 Å². The van der Waals surface area contributed by atoms with Crippen LogP contribution in [0.25, 0.3) is 0 Å². The Morgan fingerprint density at radius 1 is 0.971 bits per heavy atom. The molecular weight excluding hydrogens is 488 g/mol. The van der Waals surface area contributed by atoms with Gasteiger partial charge in [0, 0.05) is 51.2 Å². The summed E-state index contributed by atoms with van der Waals surface area (Å²) in [6.07, 6.45) is -8.99. The largest absolute Gasteiger partial charge is 0.421 e. The third kappa shape index (κ3) is 5.47.